The molecule has 0 aliphatic carbocycles. The highest BCUT2D eigenvalue weighted by molar-refractivity contribution is 5.76. The second kappa shape index (κ2) is 6.75. The van der Waals surface area contributed by atoms with Crippen LogP contribution in [-0.4, -0.2) is 37.0 Å². The third kappa shape index (κ3) is 3.73. The van der Waals surface area contributed by atoms with E-state index in [-0.39, 0.29) is 11.8 Å². The number of nitrogens with zero attached hydrogens (tertiary/aromatic N) is 1. The summed E-state index contributed by atoms with van der Waals surface area (Å²) in [6.45, 7) is 4.00. The summed E-state index contributed by atoms with van der Waals surface area (Å²) in [5.41, 5.74) is 6.73. The van der Waals surface area contributed by atoms with Crippen LogP contribution in [0.1, 0.15) is 25.3 Å². The topological polar surface area (TPSA) is 55.6 Å². The molecule has 2 N–H and O–H groups in total. The van der Waals surface area contributed by atoms with Gasteiger partial charge in [0, 0.05) is 19.1 Å². The fourth-order valence-corrected chi connectivity index (χ4v) is 2.79. The van der Waals surface area contributed by atoms with Gasteiger partial charge in [-0.3, -0.25) is 9.69 Å². The van der Waals surface area contributed by atoms with Crippen molar-refractivity contribution in [1.29, 1.82) is 0 Å². The van der Waals surface area contributed by atoms with E-state index < -0.39 is 0 Å². The molecule has 0 bridgehead atoms. The maximum atomic E-state index is 11.3. The maximum absolute atomic E-state index is 11.3. The molecule has 1 aromatic rings. The Hall–Kier alpha value is -1.55. The Morgan fingerprint density at radius 3 is 2.65 bits per heavy atom. The number of hydrogen-bond acceptors (Lipinski definition) is 3. The van der Waals surface area contributed by atoms with Gasteiger partial charge in [0.1, 0.15) is 5.75 Å². The number of piperidine rings is 1. The van der Waals surface area contributed by atoms with E-state index in [1.807, 2.05) is 12.1 Å². The minimum Gasteiger partial charge on any atom is -0.497 e. The fraction of sp³-hybridized carbons (Fsp3) is 0.562. The number of methoxy groups -OCH3 is 1. The molecule has 110 valence electrons. The number of rotatable bonds is 5. The molecule has 4 nitrogen and oxygen atoms in total. The molecule has 0 aromatic heterocycles. The lowest BCUT2D eigenvalue weighted by molar-refractivity contribution is -0.123. The van der Waals surface area contributed by atoms with Gasteiger partial charge < -0.3 is 10.5 Å². The van der Waals surface area contributed by atoms with Crippen molar-refractivity contribution in [3.05, 3.63) is 29.8 Å². The molecule has 20 heavy (non-hydrogen) atoms. The van der Waals surface area contributed by atoms with Crippen LogP contribution in [0.25, 0.3) is 0 Å². The smallest absolute Gasteiger partial charge is 0.221 e. The summed E-state index contributed by atoms with van der Waals surface area (Å²) >= 11 is 0. The highest BCUT2D eigenvalue weighted by Crippen LogP contribution is 2.22. The molecule has 2 rings (SSSR count). The van der Waals surface area contributed by atoms with Gasteiger partial charge in [0.2, 0.25) is 5.91 Å². The van der Waals surface area contributed by atoms with Crippen molar-refractivity contribution in [2.75, 3.05) is 20.2 Å². The Balaban J connectivity index is 1.89. The predicted octanol–water partition coefficient (Wildman–Crippen LogP) is 1.82. The van der Waals surface area contributed by atoms with Gasteiger partial charge in [0.05, 0.1) is 13.0 Å². The van der Waals surface area contributed by atoms with E-state index in [9.17, 15) is 4.79 Å². The summed E-state index contributed by atoms with van der Waals surface area (Å²) in [6.07, 6.45) is 2.96. The second-order valence-electron chi connectivity index (χ2n) is 5.62. The molecule has 0 spiro atoms. The molecule has 0 radical (unpaired) electrons. The molecule has 1 aromatic carbocycles. The lowest BCUT2D eigenvalue weighted by Crippen LogP contribution is -2.46. The number of primary amides is 1. The molecule has 2 atom stereocenters. The Morgan fingerprint density at radius 1 is 1.35 bits per heavy atom. The first kappa shape index (κ1) is 14.9. The molecule has 1 fully saturated rings. The van der Waals surface area contributed by atoms with Crippen LogP contribution in [0.3, 0.4) is 0 Å². The first-order valence-corrected chi connectivity index (χ1v) is 7.26. The minimum absolute atomic E-state index is 0.0158. The lowest BCUT2D eigenvalue weighted by atomic mass is 9.92. The van der Waals surface area contributed by atoms with Crippen molar-refractivity contribution in [2.24, 2.45) is 11.7 Å². The second-order valence-corrected chi connectivity index (χ2v) is 5.62. The van der Waals surface area contributed by atoms with Crippen molar-refractivity contribution in [3.8, 4) is 5.75 Å². The minimum atomic E-state index is -0.161. The van der Waals surface area contributed by atoms with Crippen molar-refractivity contribution < 1.29 is 9.53 Å². The highest BCUT2D eigenvalue weighted by atomic mass is 16.5. The Morgan fingerprint density at radius 2 is 2.05 bits per heavy atom. The average Bonchev–Trinajstić information content (AvgIpc) is 2.46. The molecule has 1 saturated heterocycles. The van der Waals surface area contributed by atoms with Crippen LogP contribution < -0.4 is 10.5 Å². The van der Waals surface area contributed by atoms with Crippen LogP contribution in [-0.2, 0) is 11.2 Å². The maximum Gasteiger partial charge on any atom is 0.221 e. The van der Waals surface area contributed by atoms with Gasteiger partial charge in [-0.05, 0) is 43.9 Å². The van der Waals surface area contributed by atoms with E-state index in [1.54, 1.807) is 7.11 Å². The number of hydrogen-bond donors (Lipinski definition) is 1. The summed E-state index contributed by atoms with van der Waals surface area (Å²) in [6, 6.07) is 8.70. The Labute approximate surface area is 120 Å². The van der Waals surface area contributed by atoms with Crippen LogP contribution in [0.5, 0.6) is 5.75 Å². The van der Waals surface area contributed by atoms with Crippen LogP contribution >= 0.6 is 0 Å². The molecular weight excluding hydrogens is 252 g/mol. The first-order valence-electron chi connectivity index (χ1n) is 7.26. The highest BCUT2D eigenvalue weighted by Gasteiger charge is 2.28. The van der Waals surface area contributed by atoms with Gasteiger partial charge in [-0.2, -0.15) is 0 Å². The lowest BCUT2D eigenvalue weighted by Gasteiger charge is -2.36. The van der Waals surface area contributed by atoms with E-state index in [0.717, 1.165) is 38.1 Å². The zero-order valence-corrected chi connectivity index (χ0v) is 12.3. The van der Waals surface area contributed by atoms with Gasteiger partial charge in [-0.1, -0.05) is 12.1 Å². The summed E-state index contributed by atoms with van der Waals surface area (Å²) in [7, 11) is 1.67. The summed E-state index contributed by atoms with van der Waals surface area (Å²) in [5, 5.41) is 0. The standard InChI is InChI=1S/C16H24N2O2/c1-12-3-6-14(16(17)19)11-18(12)10-9-13-4-7-15(20-2)8-5-13/h4-5,7-8,12,14H,3,6,9-11H2,1-2H3,(H2,17,19). The molecule has 2 unspecified atom stereocenters. The van der Waals surface area contributed by atoms with Crippen LogP contribution in [0.15, 0.2) is 24.3 Å². The van der Waals surface area contributed by atoms with Gasteiger partial charge in [0.15, 0.2) is 0 Å². The molecule has 1 aliphatic rings. The SMILES string of the molecule is COc1ccc(CCN2CC(C(N)=O)CCC2C)cc1. The van der Waals surface area contributed by atoms with Gasteiger partial charge >= 0.3 is 0 Å². The number of carbonyl (C=O) groups is 1. The van der Waals surface area contributed by atoms with E-state index in [1.165, 1.54) is 5.56 Å². The van der Waals surface area contributed by atoms with E-state index >= 15 is 0 Å². The van der Waals surface area contributed by atoms with Crippen LogP contribution in [0.2, 0.25) is 0 Å². The molecule has 1 amide bonds. The fourth-order valence-electron chi connectivity index (χ4n) is 2.79. The summed E-state index contributed by atoms with van der Waals surface area (Å²) in [5.74, 6) is 0.738. The normalized spacial score (nSPS) is 23.5. The number of carbonyl (C=O) groups excluding carboxylic acids is 1. The molecule has 0 saturated carbocycles. The quantitative estimate of drug-likeness (QED) is 0.892. The number of ether oxygens (including phenoxy) is 1. The van der Waals surface area contributed by atoms with Gasteiger partial charge in [0.25, 0.3) is 0 Å². The van der Waals surface area contributed by atoms with E-state index in [2.05, 4.69) is 24.0 Å². The predicted molar refractivity (Wildman–Crippen MR) is 79.7 cm³/mol. The summed E-state index contributed by atoms with van der Waals surface area (Å²) < 4.78 is 5.16. The molecule has 4 heteroatoms. The van der Waals surface area contributed by atoms with Crippen LogP contribution in [0.4, 0.5) is 0 Å². The number of benzene rings is 1. The third-order valence-corrected chi connectivity index (χ3v) is 4.26. The number of likely N-dealkylation sites (tertiary alicyclic amines) is 1. The number of amides is 1. The monoisotopic (exact) mass is 276 g/mol. The molecule has 1 aliphatic heterocycles. The first-order chi connectivity index (χ1) is 9.60. The zero-order chi connectivity index (χ0) is 14.5. The van der Waals surface area contributed by atoms with E-state index in [4.69, 9.17) is 10.5 Å². The largest absolute Gasteiger partial charge is 0.497 e. The average molecular weight is 276 g/mol. The zero-order valence-electron chi connectivity index (χ0n) is 12.3. The van der Waals surface area contributed by atoms with Crippen molar-refractivity contribution >= 4 is 5.91 Å². The molecular formula is C16H24N2O2. The Kier molecular flexibility index (Phi) is 5.01. The van der Waals surface area contributed by atoms with Gasteiger partial charge in [-0.25, -0.2) is 0 Å². The van der Waals surface area contributed by atoms with Crippen LogP contribution in [0, 0.1) is 5.92 Å². The van der Waals surface area contributed by atoms with Crippen molar-refractivity contribution in [3.63, 3.8) is 0 Å². The molecule has 1 heterocycles. The van der Waals surface area contributed by atoms with E-state index in [0.29, 0.717) is 6.04 Å². The Bertz CT molecular complexity index is 444. The summed E-state index contributed by atoms with van der Waals surface area (Å²) in [4.78, 5) is 13.7. The van der Waals surface area contributed by atoms with Gasteiger partial charge in [-0.15, -0.1) is 0 Å². The third-order valence-electron chi connectivity index (χ3n) is 4.26. The van der Waals surface area contributed by atoms with Crippen molar-refractivity contribution in [1.82, 2.24) is 4.90 Å². The van der Waals surface area contributed by atoms with Crippen molar-refractivity contribution in [2.45, 2.75) is 32.2 Å². The number of nitrogens with two attached hydrogens (primary N) is 1.